The molecule has 2 heterocycles. The minimum atomic E-state index is -0.122. The van der Waals surface area contributed by atoms with Gasteiger partial charge in [0.15, 0.2) is 0 Å². The molecule has 6 nitrogen and oxygen atoms in total. The second-order valence-electron chi connectivity index (χ2n) is 4.66. The highest BCUT2D eigenvalue weighted by molar-refractivity contribution is 6.39. The second-order valence-corrected chi connectivity index (χ2v) is 4.66. The Morgan fingerprint density at radius 2 is 1.94 bits per heavy atom. The fourth-order valence-corrected chi connectivity index (χ4v) is 2.31. The minimum absolute atomic E-state index is 0.0495. The molecular weight excluding hydrogens is 220 g/mol. The molecule has 0 aromatic heterocycles. The summed E-state index contributed by atoms with van der Waals surface area (Å²) in [5, 5.41) is 7.14. The smallest absolute Gasteiger partial charge is 0.270 e. The van der Waals surface area contributed by atoms with Crippen LogP contribution in [0.2, 0.25) is 0 Å². The minimum Gasteiger partial charge on any atom is -0.330 e. The van der Waals surface area contributed by atoms with Gasteiger partial charge in [0.2, 0.25) is 5.91 Å². The van der Waals surface area contributed by atoms with Crippen molar-refractivity contribution in [2.24, 2.45) is 5.10 Å². The van der Waals surface area contributed by atoms with Gasteiger partial charge in [-0.25, -0.2) is 5.43 Å². The number of hydrogen-bond donors (Lipinski definition) is 2. The van der Waals surface area contributed by atoms with E-state index in [0.29, 0.717) is 18.6 Å². The average Bonchev–Trinajstić information content (AvgIpc) is 2.29. The zero-order valence-corrected chi connectivity index (χ0v) is 10.2. The molecule has 2 N–H and O–H groups in total. The van der Waals surface area contributed by atoms with Crippen molar-refractivity contribution in [3.8, 4) is 0 Å². The summed E-state index contributed by atoms with van der Waals surface area (Å²) in [6.07, 6.45) is 0.785. The van der Waals surface area contributed by atoms with Crippen LogP contribution in [0.3, 0.4) is 0 Å². The zero-order chi connectivity index (χ0) is 12.4. The Balaban J connectivity index is 2.10. The molecule has 0 aliphatic carbocycles. The van der Waals surface area contributed by atoms with Gasteiger partial charge in [-0.3, -0.25) is 9.59 Å². The number of rotatable bonds is 1. The monoisotopic (exact) mass is 238 g/mol. The lowest BCUT2D eigenvalue weighted by Crippen LogP contribution is -2.59. The van der Waals surface area contributed by atoms with E-state index in [1.54, 1.807) is 0 Å². The molecule has 94 valence electrons. The molecule has 2 rings (SSSR count). The van der Waals surface area contributed by atoms with Gasteiger partial charge in [0.05, 0.1) is 0 Å². The number of piperazine rings is 1. The van der Waals surface area contributed by atoms with E-state index in [-0.39, 0.29) is 23.9 Å². The number of carbonyl (C=O) groups is 2. The first-order valence-electron chi connectivity index (χ1n) is 5.98. The maximum Gasteiger partial charge on any atom is 0.270 e. The number of hydrazone groups is 1. The molecule has 2 aliphatic heterocycles. The fourth-order valence-electron chi connectivity index (χ4n) is 2.31. The molecule has 2 unspecified atom stereocenters. The van der Waals surface area contributed by atoms with Crippen LogP contribution in [0.15, 0.2) is 5.10 Å². The van der Waals surface area contributed by atoms with E-state index < -0.39 is 0 Å². The summed E-state index contributed by atoms with van der Waals surface area (Å²) in [7, 11) is 0. The van der Waals surface area contributed by atoms with Crippen LogP contribution in [-0.2, 0) is 9.59 Å². The Labute approximate surface area is 100 Å². The van der Waals surface area contributed by atoms with Crippen LogP contribution in [-0.4, -0.2) is 47.6 Å². The summed E-state index contributed by atoms with van der Waals surface area (Å²) in [5.41, 5.74) is 2.83. The molecule has 2 aliphatic rings. The summed E-state index contributed by atoms with van der Waals surface area (Å²) < 4.78 is 0. The average molecular weight is 238 g/mol. The van der Waals surface area contributed by atoms with Gasteiger partial charge < -0.3 is 10.2 Å². The summed E-state index contributed by atoms with van der Waals surface area (Å²) in [6, 6.07) is 0.318. The molecule has 0 bridgehead atoms. The summed E-state index contributed by atoms with van der Waals surface area (Å²) in [5.74, 6) is -0.172. The van der Waals surface area contributed by atoms with Crippen molar-refractivity contribution < 1.29 is 9.59 Å². The lowest BCUT2D eigenvalue weighted by Gasteiger charge is -2.39. The maximum absolute atomic E-state index is 12.3. The van der Waals surface area contributed by atoms with Gasteiger partial charge in [-0.05, 0) is 13.8 Å². The van der Waals surface area contributed by atoms with E-state index >= 15 is 0 Å². The van der Waals surface area contributed by atoms with Gasteiger partial charge in [-0.2, -0.15) is 5.10 Å². The third-order valence-electron chi connectivity index (χ3n) is 3.22. The topological polar surface area (TPSA) is 73.8 Å². The maximum atomic E-state index is 12.3. The Hall–Kier alpha value is -1.43. The van der Waals surface area contributed by atoms with E-state index in [1.807, 2.05) is 18.7 Å². The highest BCUT2D eigenvalue weighted by atomic mass is 16.2. The molecular formula is C11H18N4O2. The number of hydrogen-bond acceptors (Lipinski definition) is 4. The van der Waals surface area contributed by atoms with Gasteiger partial charge >= 0.3 is 0 Å². The van der Waals surface area contributed by atoms with Crippen molar-refractivity contribution in [3.63, 3.8) is 0 Å². The predicted molar refractivity (Wildman–Crippen MR) is 63.5 cm³/mol. The highest BCUT2D eigenvalue weighted by Gasteiger charge is 2.32. The molecule has 17 heavy (non-hydrogen) atoms. The van der Waals surface area contributed by atoms with Crippen LogP contribution in [0.1, 0.15) is 26.7 Å². The third-order valence-corrected chi connectivity index (χ3v) is 3.22. The Morgan fingerprint density at radius 3 is 2.47 bits per heavy atom. The van der Waals surface area contributed by atoms with Crippen molar-refractivity contribution in [2.45, 2.75) is 38.8 Å². The van der Waals surface area contributed by atoms with Crippen LogP contribution in [0.5, 0.6) is 0 Å². The number of amides is 2. The molecule has 0 radical (unpaired) electrons. The Kier molecular flexibility index (Phi) is 3.42. The molecule has 0 saturated carbocycles. The molecule has 1 fully saturated rings. The second kappa shape index (κ2) is 4.83. The number of carbonyl (C=O) groups excluding carboxylic acids is 2. The van der Waals surface area contributed by atoms with Crippen LogP contribution >= 0.6 is 0 Å². The largest absolute Gasteiger partial charge is 0.330 e. The van der Waals surface area contributed by atoms with E-state index in [0.717, 1.165) is 13.1 Å². The SMILES string of the molecule is CC1CNCC(C)N1C(=O)C1=NNC(=O)CC1. The van der Waals surface area contributed by atoms with E-state index in [4.69, 9.17) is 0 Å². The number of nitrogens with one attached hydrogen (secondary N) is 2. The molecule has 1 saturated heterocycles. The molecule has 0 aromatic rings. The molecule has 2 atom stereocenters. The molecule has 2 amide bonds. The van der Waals surface area contributed by atoms with E-state index in [9.17, 15) is 9.59 Å². The predicted octanol–water partition coefficient (Wildman–Crippen LogP) is -0.539. The van der Waals surface area contributed by atoms with Gasteiger partial charge in [0.25, 0.3) is 5.91 Å². The number of nitrogens with zero attached hydrogens (tertiary/aromatic N) is 2. The highest BCUT2D eigenvalue weighted by Crippen LogP contribution is 2.13. The third kappa shape index (κ3) is 2.46. The Morgan fingerprint density at radius 1 is 1.29 bits per heavy atom. The van der Waals surface area contributed by atoms with Crippen molar-refractivity contribution >= 4 is 17.5 Å². The van der Waals surface area contributed by atoms with Gasteiger partial charge in [0.1, 0.15) is 5.71 Å². The normalized spacial score (nSPS) is 29.6. The fraction of sp³-hybridized carbons (Fsp3) is 0.727. The van der Waals surface area contributed by atoms with Crippen LogP contribution in [0.25, 0.3) is 0 Å². The van der Waals surface area contributed by atoms with E-state index in [2.05, 4.69) is 15.8 Å². The van der Waals surface area contributed by atoms with Crippen molar-refractivity contribution in [1.29, 1.82) is 0 Å². The molecule has 0 aromatic carbocycles. The Bertz CT molecular complexity index is 356. The van der Waals surface area contributed by atoms with E-state index in [1.165, 1.54) is 0 Å². The lowest BCUT2D eigenvalue weighted by molar-refractivity contribution is -0.129. The van der Waals surface area contributed by atoms with Gasteiger partial charge in [-0.15, -0.1) is 0 Å². The van der Waals surface area contributed by atoms with Crippen molar-refractivity contribution in [3.05, 3.63) is 0 Å². The van der Waals surface area contributed by atoms with Crippen molar-refractivity contribution in [2.75, 3.05) is 13.1 Å². The first-order chi connectivity index (χ1) is 8.09. The van der Waals surface area contributed by atoms with Crippen molar-refractivity contribution in [1.82, 2.24) is 15.6 Å². The van der Waals surface area contributed by atoms with Crippen LogP contribution < -0.4 is 10.7 Å². The molecule has 0 spiro atoms. The first kappa shape index (κ1) is 12.0. The summed E-state index contributed by atoms with van der Waals surface area (Å²) in [6.45, 7) is 5.64. The lowest BCUT2D eigenvalue weighted by atomic mass is 10.1. The first-order valence-corrected chi connectivity index (χ1v) is 5.98. The quantitative estimate of drug-likeness (QED) is 0.644. The molecule has 6 heteroatoms. The summed E-state index contributed by atoms with van der Waals surface area (Å²) in [4.78, 5) is 25.1. The van der Waals surface area contributed by atoms with Crippen LogP contribution in [0, 0.1) is 0 Å². The summed E-state index contributed by atoms with van der Waals surface area (Å²) >= 11 is 0. The van der Waals surface area contributed by atoms with Crippen LogP contribution in [0.4, 0.5) is 0 Å². The zero-order valence-electron chi connectivity index (χ0n) is 10.2. The standard InChI is InChI=1S/C11H18N4O2/c1-7-5-12-6-8(2)15(7)11(17)9-3-4-10(16)14-13-9/h7-8,12H,3-6H2,1-2H3,(H,14,16). The van der Waals surface area contributed by atoms with Gasteiger partial charge in [-0.1, -0.05) is 0 Å². The van der Waals surface area contributed by atoms with Gasteiger partial charge in [0, 0.05) is 38.0 Å².